The number of nitrogens with two attached hydrogens (primary N) is 1. The summed E-state index contributed by atoms with van der Waals surface area (Å²) in [4.78, 5) is 10.7. The van der Waals surface area contributed by atoms with Crippen LogP contribution in [0, 0.1) is 5.82 Å². The number of carboxylic acid groups (broad SMARTS) is 1. The molecule has 1 atom stereocenters. The molecule has 0 bridgehead atoms. The van der Waals surface area contributed by atoms with Crippen LogP contribution in [0.5, 0.6) is 0 Å². The fourth-order valence-corrected chi connectivity index (χ4v) is 1.11. The van der Waals surface area contributed by atoms with Gasteiger partial charge < -0.3 is 10.8 Å². The number of hydrogen-bond acceptors (Lipinski definition) is 2. The first-order valence-corrected chi connectivity index (χ1v) is 3.80. The summed E-state index contributed by atoms with van der Waals surface area (Å²) in [6.45, 7) is 1.61. The van der Waals surface area contributed by atoms with Gasteiger partial charge in [-0.2, -0.15) is 0 Å². The Morgan fingerprint density at radius 3 is 2.69 bits per heavy atom. The van der Waals surface area contributed by atoms with Crippen molar-refractivity contribution in [1.82, 2.24) is 0 Å². The van der Waals surface area contributed by atoms with Gasteiger partial charge in [0.2, 0.25) is 0 Å². The molecule has 3 N–H and O–H groups in total. The lowest BCUT2D eigenvalue weighted by Crippen LogP contribution is -2.12. The van der Waals surface area contributed by atoms with Crippen LogP contribution in [0.25, 0.3) is 0 Å². The Labute approximate surface area is 75.0 Å². The molecule has 0 spiro atoms. The average Bonchev–Trinajstić information content (AvgIpc) is 2.03. The van der Waals surface area contributed by atoms with E-state index in [0.29, 0.717) is 5.56 Å². The summed E-state index contributed by atoms with van der Waals surface area (Å²) in [6.07, 6.45) is 0. The maximum Gasteiger partial charge on any atom is 0.336 e. The smallest absolute Gasteiger partial charge is 0.336 e. The zero-order valence-electron chi connectivity index (χ0n) is 7.12. The number of rotatable bonds is 2. The van der Waals surface area contributed by atoms with Crippen LogP contribution in [0.1, 0.15) is 28.9 Å². The Morgan fingerprint density at radius 1 is 1.62 bits per heavy atom. The first-order chi connectivity index (χ1) is 6.02. The minimum Gasteiger partial charge on any atom is -0.478 e. The molecular weight excluding hydrogens is 173 g/mol. The van der Waals surface area contributed by atoms with Crippen molar-refractivity contribution in [3.8, 4) is 0 Å². The first kappa shape index (κ1) is 9.67. The lowest BCUT2D eigenvalue weighted by atomic mass is 10.0. The van der Waals surface area contributed by atoms with Crippen LogP contribution < -0.4 is 5.73 Å². The molecule has 0 fully saturated rings. The van der Waals surface area contributed by atoms with E-state index in [2.05, 4.69) is 0 Å². The molecule has 70 valence electrons. The lowest BCUT2D eigenvalue weighted by Gasteiger charge is -2.08. The van der Waals surface area contributed by atoms with E-state index >= 15 is 0 Å². The molecule has 0 aliphatic heterocycles. The predicted octanol–water partition coefficient (Wildman–Crippen LogP) is 1.54. The molecule has 1 aromatic rings. The summed E-state index contributed by atoms with van der Waals surface area (Å²) in [5.74, 6) is -1.57. The third-order valence-electron chi connectivity index (χ3n) is 1.73. The highest BCUT2D eigenvalue weighted by Gasteiger charge is 2.13. The number of aromatic carboxylic acids is 1. The Bertz CT molecular complexity index is 336. The normalized spacial score (nSPS) is 12.5. The van der Waals surface area contributed by atoms with Gasteiger partial charge in [-0.1, -0.05) is 0 Å². The molecule has 0 aliphatic rings. The van der Waals surface area contributed by atoms with Gasteiger partial charge in [0.05, 0.1) is 5.56 Å². The summed E-state index contributed by atoms with van der Waals surface area (Å²) >= 11 is 0. The maximum absolute atomic E-state index is 12.7. The van der Waals surface area contributed by atoms with Crippen molar-refractivity contribution in [3.63, 3.8) is 0 Å². The van der Waals surface area contributed by atoms with Crippen molar-refractivity contribution < 1.29 is 14.3 Å². The van der Waals surface area contributed by atoms with Gasteiger partial charge in [0.25, 0.3) is 0 Å². The average molecular weight is 183 g/mol. The molecule has 0 heterocycles. The van der Waals surface area contributed by atoms with E-state index in [1.165, 1.54) is 6.07 Å². The number of carbonyl (C=O) groups is 1. The van der Waals surface area contributed by atoms with Gasteiger partial charge in [-0.25, -0.2) is 9.18 Å². The van der Waals surface area contributed by atoms with E-state index < -0.39 is 17.8 Å². The molecule has 1 rings (SSSR count). The summed E-state index contributed by atoms with van der Waals surface area (Å²) in [7, 11) is 0. The van der Waals surface area contributed by atoms with E-state index in [-0.39, 0.29) is 5.56 Å². The molecule has 3 nitrogen and oxygen atoms in total. The zero-order chi connectivity index (χ0) is 10.0. The largest absolute Gasteiger partial charge is 0.478 e. The summed E-state index contributed by atoms with van der Waals surface area (Å²) in [5.41, 5.74) is 5.86. The van der Waals surface area contributed by atoms with Gasteiger partial charge in [-0.05, 0) is 30.7 Å². The van der Waals surface area contributed by atoms with E-state index in [9.17, 15) is 9.18 Å². The highest BCUT2D eigenvalue weighted by Crippen LogP contribution is 2.17. The topological polar surface area (TPSA) is 63.3 Å². The van der Waals surface area contributed by atoms with Crippen molar-refractivity contribution in [3.05, 3.63) is 35.1 Å². The standard InChI is InChI=1S/C9H10FNO2/c1-5(11)8-4-6(10)2-3-7(8)9(12)13/h2-5H,11H2,1H3,(H,12,13)/t5-/m0/s1. The van der Waals surface area contributed by atoms with Crippen LogP contribution in [0.2, 0.25) is 0 Å². The SMILES string of the molecule is C[C@H](N)c1cc(F)ccc1C(=O)O. The van der Waals surface area contributed by atoms with Crippen molar-refractivity contribution in [1.29, 1.82) is 0 Å². The van der Waals surface area contributed by atoms with Crippen molar-refractivity contribution in [2.75, 3.05) is 0 Å². The lowest BCUT2D eigenvalue weighted by molar-refractivity contribution is 0.0695. The van der Waals surface area contributed by atoms with Gasteiger partial charge in [0, 0.05) is 6.04 Å². The second-order valence-corrected chi connectivity index (χ2v) is 2.83. The number of hydrogen-bond donors (Lipinski definition) is 2. The highest BCUT2D eigenvalue weighted by molar-refractivity contribution is 5.89. The van der Waals surface area contributed by atoms with Crippen LogP contribution >= 0.6 is 0 Å². The summed E-state index contributed by atoms with van der Waals surface area (Å²) < 4.78 is 12.7. The van der Waals surface area contributed by atoms with Gasteiger partial charge >= 0.3 is 5.97 Å². The molecule has 0 aliphatic carbocycles. The molecule has 4 heteroatoms. The predicted molar refractivity (Wildman–Crippen MR) is 46.0 cm³/mol. The Morgan fingerprint density at radius 2 is 2.23 bits per heavy atom. The van der Waals surface area contributed by atoms with Gasteiger partial charge in [0.15, 0.2) is 0 Å². The summed E-state index contributed by atoms with van der Waals surface area (Å²) in [6, 6.07) is 2.99. The molecule has 0 radical (unpaired) electrons. The van der Waals surface area contributed by atoms with Gasteiger partial charge in [-0.15, -0.1) is 0 Å². The van der Waals surface area contributed by atoms with Crippen molar-refractivity contribution in [2.45, 2.75) is 13.0 Å². The Kier molecular flexibility index (Phi) is 2.63. The zero-order valence-corrected chi connectivity index (χ0v) is 7.12. The quantitative estimate of drug-likeness (QED) is 0.731. The maximum atomic E-state index is 12.7. The Hall–Kier alpha value is -1.42. The molecule has 1 aromatic carbocycles. The molecule has 13 heavy (non-hydrogen) atoms. The van der Waals surface area contributed by atoms with Gasteiger partial charge in [0.1, 0.15) is 5.82 Å². The molecule has 0 aromatic heterocycles. The van der Waals surface area contributed by atoms with Crippen LogP contribution in [0.4, 0.5) is 4.39 Å². The van der Waals surface area contributed by atoms with Crippen molar-refractivity contribution >= 4 is 5.97 Å². The summed E-state index contributed by atoms with van der Waals surface area (Å²) in [5, 5.41) is 8.73. The van der Waals surface area contributed by atoms with Crippen LogP contribution in [0.3, 0.4) is 0 Å². The monoisotopic (exact) mass is 183 g/mol. The molecule has 0 saturated carbocycles. The number of halogens is 1. The van der Waals surface area contributed by atoms with E-state index in [1.807, 2.05) is 0 Å². The number of carboxylic acids is 1. The van der Waals surface area contributed by atoms with E-state index in [0.717, 1.165) is 12.1 Å². The van der Waals surface area contributed by atoms with Crippen LogP contribution in [0.15, 0.2) is 18.2 Å². The first-order valence-electron chi connectivity index (χ1n) is 3.80. The third-order valence-corrected chi connectivity index (χ3v) is 1.73. The third kappa shape index (κ3) is 2.03. The van der Waals surface area contributed by atoms with E-state index in [4.69, 9.17) is 10.8 Å². The minimum atomic E-state index is -1.09. The molecule has 0 amide bonds. The van der Waals surface area contributed by atoms with Gasteiger partial charge in [-0.3, -0.25) is 0 Å². The molecule has 0 saturated heterocycles. The minimum absolute atomic E-state index is 0.0522. The molecule has 0 unspecified atom stereocenters. The van der Waals surface area contributed by atoms with E-state index in [1.54, 1.807) is 6.92 Å². The number of benzene rings is 1. The second kappa shape index (κ2) is 3.53. The fraction of sp³-hybridized carbons (Fsp3) is 0.222. The van der Waals surface area contributed by atoms with Crippen LogP contribution in [-0.4, -0.2) is 11.1 Å². The Balaban J connectivity index is 3.26. The second-order valence-electron chi connectivity index (χ2n) is 2.83. The fourth-order valence-electron chi connectivity index (χ4n) is 1.11. The van der Waals surface area contributed by atoms with Crippen LogP contribution in [-0.2, 0) is 0 Å². The van der Waals surface area contributed by atoms with Crippen molar-refractivity contribution in [2.24, 2.45) is 5.73 Å². The molecular formula is C9H10FNO2. The highest BCUT2D eigenvalue weighted by atomic mass is 19.1.